The number of methoxy groups -OCH3 is 1. The summed E-state index contributed by atoms with van der Waals surface area (Å²) in [6, 6.07) is 17.5. The summed E-state index contributed by atoms with van der Waals surface area (Å²) in [7, 11) is 1.37. The van der Waals surface area contributed by atoms with Crippen molar-refractivity contribution in [3.8, 4) is 11.5 Å². The minimum atomic E-state index is -0.448. The molecular formula is C23H19N3O3. The van der Waals surface area contributed by atoms with E-state index in [1.807, 2.05) is 36.4 Å². The van der Waals surface area contributed by atoms with E-state index in [2.05, 4.69) is 27.0 Å². The lowest BCUT2D eigenvalue weighted by molar-refractivity contribution is 0.0601. The number of benzene rings is 2. The van der Waals surface area contributed by atoms with Crippen LogP contribution in [0.5, 0.6) is 0 Å². The first-order chi connectivity index (χ1) is 14.2. The number of para-hydroxylation sites is 3. The third kappa shape index (κ3) is 3.02. The Kier molecular flexibility index (Phi) is 4.24. The first kappa shape index (κ1) is 17.4. The summed E-state index contributed by atoms with van der Waals surface area (Å²) in [5, 5.41) is 0. The zero-order valence-corrected chi connectivity index (χ0v) is 16.0. The van der Waals surface area contributed by atoms with Gasteiger partial charge in [0.05, 0.1) is 18.2 Å². The minimum absolute atomic E-state index is 0.352. The number of pyridine rings is 1. The molecule has 1 aliphatic heterocycles. The maximum absolute atomic E-state index is 12.6. The summed E-state index contributed by atoms with van der Waals surface area (Å²) in [5.74, 6) is 0.610. The zero-order valence-electron chi connectivity index (χ0n) is 16.0. The van der Waals surface area contributed by atoms with Crippen molar-refractivity contribution in [1.29, 1.82) is 0 Å². The van der Waals surface area contributed by atoms with E-state index in [4.69, 9.17) is 9.15 Å². The van der Waals surface area contributed by atoms with Crippen LogP contribution in [0.3, 0.4) is 0 Å². The predicted octanol–water partition coefficient (Wildman–Crippen LogP) is 4.76. The number of ether oxygens (including phenoxy) is 1. The topological polar surface area (TPSA) is 68.5 Å². The molecule has 0 amide bonds. The first-order valence-corrected chi connectivity index (χ1v) is 9.54. The fraction of sp³-hybridized carbons (Fsp3) is 0.174. The molecule has 144 valence electrons. The molecule has 0 atom stereocenters. The van der Waals surface area contributed by atoms with Crippen molar-refractivity contribution >= 4 is 28.6 Å². The Hall–Kier alpha value is -3.67. The number of carbonyl (C=O) groups excluding carboxylic acids is 1. The molecular weight excluding hydrogens is 366 g/mol. The van der Waals surface area contributed by atoms with E-state index in [0.29, 0.717) is 28.4 Å². The molecule has 0 saturated carbocycles. The Morgan fingerprint density at radius 1 is 1.14 bits per heavy atom. The Balaban J connectivity index is 1.63. The zero-order chi connectivity index (χ0) is 19.8. The van der Waals surface area contributed by atoms with Gasteiger partial charge >= 0.3 is 5.97 Å². The Morgan fingerprint density at radius 3 is 2.83 bits per heavy atom. The lowest BCUT2D eigenvalue weighted by atomic mass is 10.0. The fourth-order valence-corrected chi connectivity index (χ4v) is 3.80. The van der Waals surface area contributed by atoms with Crippen LogP contribution >= 0.6 is 0 Å². The molecule has 0 N–H and O–H groups in total. The van der Waals surface area contributed by atoms with Crippen LogP contribution in [0.1, 0.15) is 22.3 Å². The fourth-order valence-electron chi connectivity index (χ4n) is 3.80. The van der Waals surface area contributed by atoms with E-state index >= 15 is 0 Å². The van der Waals surface area contributed by atoms with Crippen molar-refractivity contribution in [3.05, 3.63) is 71.9 Å². The molecule has 3 heterocycles. The molecule has 1 aliphatic rings. The van der Waals surface area contributed by atoms with E-state index in [9.17, 15) is 4.79 Å². The number of aromatic nitrogens is 2. The number of nitrogens with zero attached hydrogens (tertiary/aromatic N) is 3. The second-order valence-electron chi connectivity index (χ2n) is 6.95. The van der Waals surface area contributed by atoms with Crippen molar-refractivity contribution in [2.75, 3.05) is 18.6 Å². The highest BCUT2D eigenvalue weighted by atomic mass is 16.5. The molecule has 0 aliphatic carbocycles. The van der Waals surface area contributed by atoms with Gasteiger partial charge in [0.25, 0.3) is 0 Å². The molecule has 2 aromatic heterocycles. The number of carbonyl (C=O) groups is 1. The first-order valence-electron chi connectivity index (χ1n) is 9.54. The summed E-state index contributed by atoms with van der Waals surface area (Å²) < 4.78 is 10.9. The van der Waals surface area contributed by atoms with Crippen molar-refractivity contribution in [2.24, 2.45) is 0 Å². The van der Waals surface area contributed by atoms with Gasteiger partial charge in [0, 0.05) is 18.4 Å². The minimum Gasteiger partial charge on any atom is -0.465 e. The predicted molar refractivity (Wildman–Crippen MR) is 110 cm³/mol. The van der Waals surface area contributed by atoms with Crippen LogP contribution in [-0.4, -0.2) is 29.6 Å². The molecule has 0 saturated heterocycles. The highest BCUT2D eigenvalue weighted by Crippen LogP contribution is 2.35. The van der Waals surface area contributed by atoms with Gasteiger partial charge in [-0.05, 0) is 42.7 Å². The molecule has 0 radical (unpaired) electrons. The molecule has 4 aromatic rings. The van der Waals surface area contributed by atoms with Crippen molar-refractivity contribution < 1.29 is 13.9 Å². The summed E-state index contributed by atoms with van der Waals surface area (Å²) in [5.41, 5.74) is 4.69. The number of rotatable bonds is 3. The highest BCUT2D eigenvalue weighted by Gasteiger charge is 2.24. The monoisotopic (exact) mass is 385 g/mol. The number of aryl methyl sites for hydroxylation is 1. The van der Waals surface area contributed by atoms with E-state index < -0.39 is 5.97 Å². The normalized spacial score (nSPS) is 13.3. The summed E-state index contributed by atoms with van der Waals surface area (Å²) in [6.07, 6.45) is 3.71. The Morgan fingerprint density at radius 2 is 1.97 bits per heavy atom. The summed E-state index contributed by atoms with van der Waals surface area (Å²) in [6.45, 7) is 0.840. The van der Waals surface area contributed by atoms with Gasteiger partial charge in [-0.3, -0.25) is 0 Å². The SMILES string of the molecule is COC(=O)c1cc(N2CCCc3ccccc32)ncc1-c1nc2ccccc2o1. The van der Waals surface area contributed by atoms with Crippen LogP contribution in [0.15, 0.2) is 65.2 Å². The van der Waals surface area contributed by atoms with Gasteiger partial charge in [-0.15, -0.1) is 0 Å². The molecule has 0 unspecified atom stereocenters. The second-order valence-corrected chi connectivity index (χ2v) is 6.95. The molecule has 0 fully saturated rings. The molecule has 29 heavy (non-hydrogen) atoms. The Bertz CT molecular complexity index is 1180. The Labute approximate surface area is 167 Å². The number of fused-ring (bicyclic) bond motifs is 2. The molecule has 0 bridgehead atoms. The van der Waals surface area contributed by atoms with Gasteiger partial charge in [-0.2, -0.15) is 0 Å². The summed E-state index contributed by atoms with van der Waals surface area (Å²) >= 11 is 0. The van der Waals surface area contributed by atoms with E-state index in [1.165, 1.54) is 12.7 Å². The van der Waals surface area contributed by atoms with Crippen LogP contribution in [0, 0.1) is 0 Å². The quantitative estimate of drug-likeness (QED) is 0.474. The maximum Gasteiger partial charge on any atom is 0.338 e. The molecule has 5 rings (SSSR count). The van der Waals surface area contributed by atoms with E-state index in [1.54, 1.807) is 12.3 Å². The van der Waals surface area contributed by atoms with Gasteiger partial charge < -0.3 is 14.1 Å². The van der Waals surface area contributed by atoms with Crippen LogP contribution in [-0.2, 0) is 11.2 Å². The average molecular weight is 385 g/mol. The van der Waals surface area contributed by atoms with Crippen molar-refractivity contribution in [3.63, 3.8) is 0 Å². The largest absolute Gasteiger partial charge is 0.465 e. The maximum atomic E-state index is 12.6. The highest BCUT2D eigenvalue weighted by molar-refractivity contribution is 5.97. The van der Waals surface area contributed by atoms with Gasteiger partial charge in [-0.1, -0.05) is 30.3 Å². The standard InChI is InChI=1S/C23H19N3O3/c1-28-23(27)16-13-21(26-12-6-8-15-7-2-4-10-19(15)26)24-14-17(16)22-25-18-9-3-5-11-20(18)29-22/h2-5,7,9-11,13-14H,6,8,12H2,1H3. The van der Waals surface area contributed by atoms with Gasteiger partial charge in [-0.25, -0.2) is 14.8 Å². The average Bonchev–Trinajstić information content (AvgIpc) is 3.22. The van der Waals surface area contributed by atoms with Gasteiger partial charge in [0.1, 0.15) is 11.3 Å². The lowest BCUT2D eigenvalue weighted by Crippen LogP contribution is -2.25. The lowest BCUT2D eigenvalue weighted by Gasteiger charge is -2.30. The number of esters is 1. The van der Waals surface area contributed by atoms with Crippen LogP contribution in [0.2, 0.25) is 0 Å². The smallest absolute Gasteiger partial charge is 0.338 e. The van der Waals surface area contributed by atoms with Gasteiger partial charge in [0.2, 0.25) is 5.89 Å². The number of hydrogen-bond donors (Lipinski definition) is 0. The van der Waals surface area contributed by atoms with E-state index in [-0.39, 0.29) is 0 Å². The second kappa shape index (κ2) is 7.05. The third-order valence-corrected chi connectivity index (χ3v) is 5.21. The number of hydrogen-bond acceptors (Lipinski definition) is 6. The summed E-state index contributed by atoms with van der Waals surface area (Å²) in [4.78, 5) is 23.9. The molecule has 0 spiro atoms. The molecule has 6 heteroatoms. The molecule has 6 nitrogen and oxygen atoms in total. The van der Waals surface area contributed by atoms with Crippen LogP contribution in [0.4, 0.5) is 11.5 Å². The van der Waals surface area contributed by atoms with Crippen LogP contribution in [0.25, 0.3) is 22.6 Å². The van der Waals surface area contributed by atoms with Crippen molar-refractivity contribution in [1.82, 2.24) is 9.97 Å². The van der Waals surface area contributed by atoms with E-state index in [0.717, 1.165) is 30.6 Å². The molecule has 2 aromatic carbocycles. The van der Waals surface area contributed by atoms with Crippen LogP contribution < -0.4 is 4.90 Å². The number of oxazole rings is 1. The number of anilines is 2. The third-order valence-electron chi connectivity index (χ3n) is 5.21. The van der Waals surface area contributed by atoms with Gasteiger partial charge in [0.15, 0.2) is 5.58 Å². The van der Waals surface area contributed by atoms with Crippen molar-refractivity contribution in [2.45, 2.75) is 12.8 Å².